The van der Waals surface area contributed by atoms with E-state index in [1.165, 1.54) is 23.9 Å². The lowest BCUT2D eigenvalue weighted by Gasteiger charge is -2.20. The van der Waals surface area contributed by atoms with Crippen molar-refractivity contribution in [3.63, 3.8) is 0 Å². The molecule has 0 N–H and O–H groups in total. The van der Waals surface area contributed by atoms with E-state index in [4.69, 9.17) is 4.74 Å². The topological polar surface area (TPSA) is 44.1 Å². The van der Waals surface area contributed by atoms with Crippen LogP contribution in [0.5, 0.6) is 5.75 Å². The van der Waals surface area contributed by atoms with E-state index in [0.717, 1.165) is 22.6 Å². The lowest BCUT2D eigenvalue weighted by atomic mass is 9.98. The number of benzene rings is 2. The predicted molar refractivity (Wildman–Crippen MR) is 120 cm³/mol. The Labute approximate surface area is 181 Å². The van der Waals surface area contributed by atoms with Crippen LogP contribution >= 0.6 is 11.8 Å². The number of halogens is 1. The molecule has 0 saturated carbocycles. The highest BCUT2D eigenvalue weighted by Crippen LogP contribution is 2.24. The molecule has 0 spiro atoms. The third kappa shape index (κ3) is 5.95. The van der Waals surface area contributed by atoms with Gasteiger partial charge in [0.2, 0.25) is 0 Å². The molecule has 3 rings (SSSR count). The minimum Gasteiger partial charge on any atom is -0.493 e. The van der Waals surface area contributed by atoms with E-state index >= 15 is 0 Å². The first-order valence-electron chi connectivity index (χ1n) is 9.92. The minimum atomic E-state index is -0.247. The van der Waals surface area contributed by atoms with Crippen LogP contribution in [0.15, 0.2) is 64.7 Å². The summed E-state index contributed by atoms with van der Waals surface area (Å²) in [6, 6.07) is 12.2. The first-order chi connectivity index (χ1) is 14.2. The van der Waals surface area contributed by atoms with Gasteiger partial charge >= 0.3 is 0 Å². The first-order valence-corrected chi connectivity index (χ1v) is 10.9. The quantitative estimate of drug-likeness (QED) is 0.472. The Morgan fingerprint density at radius 1 is 1.17 bits per heavy atom. The Balaban J connectivity index is 1.72. The van der Waals surface area contributed by atoms with Crippen molar-refractivity contribution in [1.29, 1.82) is 0 Å². The van der Waals surface area contributed by atoms with Crippen molar-refractivity contribution in [2.24, 2.45) is 5.41 Å². The van der Waals surface area contributed by atoms with Gasteiger partial charge in [-0.15, -0.1) is 11.8 Å². The van der Waals surface area contributed by atoms with Gasteiger partial charge in [-0.1, -0.05) is 32.9 Å². The summed E-state index contributed by atoms with van der Waals surface area (Å²) >= 11 is 1.38. The zero-order chi connectivity index (χ0) is 21.7. The molecule has 0 bridgehead atoms. The Morgan fingerprint density at radius 2 is 1.97 bits per heavy atom. The number of hydrogen-bond donors (Lipinski definition) is 0. The third-order valence-corrected chi connectivity index (χ3v) is 5.39. The Hall–Kier alpha value is -2.60. The fraction of sp³-hybridized carbons (Fsp3) is 0.333. The molecule has 158 valence electrons. The fourth-order valence-electron chi connectivity index (χ4n) is 2.89. The van der Waals surface area contributed by atoms with Crippen molar-refractivity contribution < 1.29 is 9.13 Å². The molecule has 4 nitrogen and oxygen atoms in total. The molecule has 0 amide bonds. The molecule has 0 aliphatic heterocycles. The smallest absolute Gasteiger partial charge is 0.287 e. The average Bonchev–Trinajstić information content (AvgIpc) is 2.68. The standard InChI is InChI=1S/C24H27FN2O2S/c1-17-14-20(8-9-21(17)29-16-24(2,3)4)27-12-11-26-22(23(27)28)30-13-10-18-6-5-7-19(25)15-18/h5-9,11-12,14-15H,10,13,16H2,1-4H3. The average molecular weight is 427 g/mol. The van der Waals surface area contributed by atoms with Crippen LogP contribution in [0.2, 0.25) is 0 Å². The summed E-state index contributed by atoms with van der Waals surface area (Å²) < 4.78 is 20.8. The Bertz CT molecular complexity index is 1070. The van der Waals surface area contributed by atoms with Crippen molar-refractivity contribution in [3.8, 4) is 11.4 Å². The zero-order valence-electron chi connectivity index (χ0n) is 17.8. The van der Waals surface area contributed by atoms with Crippen LogP contribution < -0.4 is 10.3 Å². The number of aromatic nitrogens is 2. The SMILES string of the molecule is Cc1cc(-n2ccnc(SCCc3cccc(F)c3)c2=O)ccc1OCC(C)(C)C. The monoisotopic (exact) mass is 426 g/mol. The fourth-order valence-corrected chi connectivity index (χ4v) is 3.78. The van der Waals surface area contributed by atoms with Gasteiger partial charge in [-0.2, -0.15) is 0 Å². The van der Waals surface area contributed by atoms with Crippen LogP contribution in [0, 0.1) is 18.2 Å². The molecule has 3 aromatic rings. The number of nitrogens with zero attached hydrogens (tertiary/aromatic N) is 2. The van der Waals surface area contributed by atoms with Crippen molar-refractivity contribution in [1.82, 2.24) is 9.55 Å². The van der Waals surface area contributed by atoms with Crippen LogP contribution in [0.3, 0.4) is 0 Å². The Morgan fingerprint density at radius 3 is 2.67 bits per heavy atom. The minimum absolute atomic E-state index is 0.0742. The predicted octanol–water partition coefficient (Wildman–Crippen LogP) is 5.44. The maximum Gasteiger partial charge on any atom is 0.287 e. The van der Waals surface area contributed by atoms with Gasteiger partial charge < -0.3 is 4.74 Å². The van der Waals surface area contributed by atoms with Crippen LogP contribution in [0.4, 0.5) is 4.39 Å². The van der Waals surface area contributed by atoms with Gasteiger partial charge in [0.15, 0.2) is 5.03 Å². The van der Waals surface area contributed by atoms with Gasteiger partial charge in [0.05, 0.1) is 6.61 Å². The molecule has 1 aromatic heterocycles. The number of thioether (sulfide) groups is 1. The van der Waals surface area contributed by atoms with E-state index in [9.17, 15) is 9.18 Å². The van der Waals surface area contributed by atoms with Crippen molar-refractivity contribution in [2.45, 2.75) is 39.1 Å². The highest BCUT2D eigenvalue weighted by molar-refractivity contribution is 7.99. The van der Waals surface area contributed by atoms with Crippen molar-refractivity contribution >= 4 is 11.8 Å². The molecular formula is C24H27FN2O2S. The molecule has 0 aliphatic rings. The largest absolute Gasteiger partial charge is 0.493 e. The van der Waals surface area contributed by atoms with E-state index in [2.05, 4.69) is 25.8 Å². The molecule has 0 unspecified atom stereocenters. The van der Waals surface area contributed by atoms with Gasteiger partial charge in [-0.3, -0.25) is 9.36 Å². The van der Waals surface area contributed by atoms with E-state index in [0.29, 0.717) is 23.8 Å². The molecule has 1 heterocycles. The van der Waals surface area contributed by atoms with Gasteiger partial charge in [0, 0.05) is 23.8 Å². The number of hydrogen-bond acceptors (Lipinski definition) is 4. The van der Waals surface area contributed by atoms with Gasteiger partial charge in [0.1, 0.15) is 11.6 Å². The van der Waals surface area contributed by atoms with Crippen molar-refractivity contribution in [2.75, 3.05) is 12.4 Å². The summed E-state index contributed by atoms with van der Waals surface area (Å²) in [6.45, 7) is 8.97. The third-order valence-electron chi connectivity index (χ3n) is 4.43. The normalized spacial score (nSPS) is 11.5. The highest BCUT2D eigenvalue weighted by atomic mass is 32.2. The molecule has 0 aliphatic carbocycles. The van der Waals surface area contributed by atoms with Gasteiger partial charge in [0.25, 0.3) is 5.56 Å². The summed E-state index contributed by atoms with van der Waals surface area (Å²) in [5, 5.41) is 0.430. The summed E-state index contributed by atoms with van der Waals surface area (Å²) in [5.74, 6) is 1.22. The van der Waals surface area contributed by atoms with Crippen LogP contribution in [0.25, 0.3) is 5.69 Å². The maximum atomic E-state index is 13.3. The number of aryl methyl sites for hydroxylation is 2. The zero-order valence-corrected chi connectivity index (χ0v) is 18.6. The first kappa shape index (κ1) is 22.1. The second-order valence-corrected chi connectivity index (χ2v) is 9.52. The summed E-state index contributed by atoms with van der Waals surface area (Å²) in [4.78, 5) is 17.1. The second-order valence-electron chi connectivity index (χ2n) is 8.44. The molecule has 0 atom stereocenters. The maximum absolute atomic E-state index is 13.3. The molecule has 6 heteroatoms. The van der Waals surface area contributed by atoms with Crippen LogP contribution in [-0.4, -0.2) is 21.9 Å². The van der Waals surface area contributed by atoms with Gasteiger partial charge in [-0.25, -0.2) is 9.37 Å². The molecule has 2 aromatic carbocycles. The highest BCUT2D eigenvalue weighted by Gasteiger charge is 2.13. The second kappa shape index (κ2) is 9.47. The molecule has 0 saturated heterocycles. The van der Waals surface area contributed by atoms with Crippen LogP contribution in [-0.2, 0) is 6.42 Å². The van der Waals surface area contributed by atoms with E-state index < -0.39 is 0 Å². The van der Waals surface area contributed by atoms with E-state index in [1.807, 2.05) is 31.2 Å². The number of ether oxygens (including phenoxy) is 1. The molecule has 30 heavy (non-hydrogen) atoms. The molecule has 0 fully saturated rings. The van der Waals surface area contributed by atoms with Gasteiger partial charge in [-0.05, 0) is 60.2 Å². The van der Waals surface area contributed by atoms with Crippen molar-refractivity contribution in [3.05, 3.63) is 82.2 Å². The summed E-state index contributed by atoms with van der Waals surface area (Å²) in [5.41, 5.74) is 2.56. The lowest BCUT2D eigenvalue weighted by Crippen LogP contribution is -2.21. The molecular weight excluding hydrogens is 399 g/mol. The van der Waals surface area contributed by atoms with E-state index in [1.54, 1.807) is 23.0 Å². The number of rotatable bonds is 7. The van der Waals surface area contributed by atoms with E-state index in [-0.39, 0.29) is 16.8 Å². The molecule has 0 radical (unpaired) electrons. The van der Waals surface area contributed by atoms with Crippen LogP contribution in [0.1, 0.15) is 31.9 Å². The lowest BCUT2D eigenvalue weighted by molar-refractivity contribution is 0.197. The Kier molecular flexibility index (Phi) is 6.98. The summed E-state index contributed by atoms with van der Waals surface area (Å²) in [7, 11) is 0. The summed E-state index contributed by atoms with van der Waals surface area (Å²) in [6.07, 6.45) is 3.96.